The number of aromatic carboxylic acids is 1. The Morgan fingerprint density at radius 3 is 2.45 bits per heavy atom. The predicted octanol–water partition coefficient (Wildman–Crippen LogP) is 3.78. The number of aromatic nitrogens is 2. The molecule has 2 aromatic rings. The van der Waals surface area contributed by atoms with Gasteiger partial charge in [0.2, 0.25) is 0 Å². The van der Waals surface area contributed by atoms with E-state index in [1.165, 1.54) is 4.68 Å². The van der Waals surface area contributed by atoms with Crippen LogP contribution in [0.3, 0.4) is 0 Å². The zero-order chi connectivity index (χ0) is 16.3. The lowest BCUT2D eigenvalue weighted by molar-refractivity contribution is 0.0681. The van der Waals surface area contributed by atoms with Gasteiger partial charge in [-0.05, 0) is 56.7 Å². The van der Waals surface area contributed by atoms with Crippen molar-refractivity contribution in [3.05, 3.63) is 48.2 Å². The Labute approximate surface area is 129 Å². The summed E-state index contributed by atoms with van der Waals surface area (Å²) < 4.78 is 7.06. The topological polar surface area (TPSA) is 64.3 Å². The molecule has 0 atom stereocenters. The molecule has 0 radical (unpaired) electrons. The van der Waals surface area contributed by atoms with Crippen molar-refractivity contribution in [2.24, 2.45) is 0 Å². The van der Waals surface area contributed by atoms with E-state index in [0.29, 0.717) is 12.3 Å². The second-order valence-corrected chi connectivity index (χ2v) is 5.53. The molecule has 0 saturated carbocycles. The fraction of sp³-hybridized carbons (Fsp3) is 0.294. The van der Waals surface area contributed by atoms with Gasteiger partial charge in [-0.15, -0.1) is 0 Å². The van der Waals surface area contributed by atoms with Gasteiger partial charge in [0.25, 0.3) is 0 Å². The lowest BCUT2D eigenvalue weighted by Gasteiger charge is -2.07. The number of rotatable bonds is 6. The third-order valence-electron chi connectivity index (χ3n) is 3.08. The Morgan fingerprint density at radius 2 is 2.00 bits per heavy atom. The summed E-state index contributed by atoms with van der Waals surface area (Å²) in [4.78, 5) is 11.3. The molecule has 1 aromatic heterocycles. The molecule has 1 heterocycles. The summed E-state index contributed by atoms with van der Waals surface area (Å²) in [6, 6.07) is 8.99. The zero-order valence-electron chi connectivity index (χ0n) is 13.0. The van der Waals surface area contributed by atoms with Gasteiger partial charge in [0.05, 0.1) is 5.69 Å². The normalized spacial score (nSPS) is 10.7. The fourth-order valence-corrected chi connectivity index (χ4v) is 2.02. The highest BCUT2D eigenvalue weighted by atomic mass is 16.5. The predicted molar refractivity (Wildman–Crippen MR) is 85.3 cm³/mol. The van der Waals surface area contributed by atoms with Crippen LogP contribution in [-0.4, -0.2) is 27.5 Å². The highest BCUT2D eigenvalue weighted by Crippen LogP contribution is 2.24. The minimum Gasteiger partial charge on any atom is -0.489 e. The quantitative estimate of drug-likeness (QED) is 0.824. The van der Waals surface area contributed by atoms with Gasteiger partial charge < -0.3 is 9.84 Å². The molecule has 1 aromatic carbocycles. The molecule has 0 spiro atoms. The Balaban J connectivity index is 2.26. The first-order chi connectivity index (χ1) is 10.4. The average Bonchev–Trinajstić information content (AvgIpc) is 2.91. The van der Waals surface area contributed by atoms with Crippen LogP contribution in [0.25, 0.3) is 11.3 Å². The maximum Gasteiger partial charge on any atom is 0.354 e. The van der Waals surface area contributed by atoms with Crippen LogP contribution >= 0.6 is 0 Å². The zero-order valence-corrected chi connectivity index (χ0v) is 13.0. The van der Waals surface area contributed by atoms with Crippen molar-refractivity contribution >= 4 is 5.97 Å². The van der Waals surface area contributed by atoms with Gasteiger partial charge in [-0.1, -0.05) is 6.58 Å². The number of ether oxygens (including phenoxy) is 1. The van der Waals surface area contributed by atoms with Gasteiger partial charge in [0.1, 0.15) is 18.1 Å². The van der Waals surface area contributed by atoms with Gasteiger partial charge in [-0.25, -0.2) is 4.79 Å². The van der Waals surface area contributed by atoms with Crippen LogP contribution in [0.5, 0.6) is 5.75 Å². The first-order valence-electron chi connectivity index (χ1n) is 7.09. The molecule has 5 heteroatoms. The maximum absolute atomic E-state index is 11.3. The van der Waals surface area contributed by atoms with Crippen LogP contribution in [0, 0.1) is 0 Å². The first-order valence-corrected chi connectivity index (χ1v) is 7.09. The van der Waals surface area contributed by atoms with Crippen molar-refractivity contribution in [2.45, 2.75) is 26.8 Å². The molecule has 0 amide bonds. The number of carbonyl (C=O) groups is 1. The van der Waals surface area contributed by atoms with Crippen molar-refractivity contribution in [1.29, 1.82) is 0 Å². The molecule has 22 heavy (non-hydrogen) atoms. The molecule has 0 unspecified atom stereocenters. The fourth-order valence-electron chi connectivity index (χ4n) is 2.02. The summed E-state index contributed by atoms with van der Waals surface area (Å²) in [5.41, 5.74) is 2.63. The average molecular weight is 300 g/mol. The summed E-state index contributed by atoms with van der Waals surface area (Å²) in [6.45, 7) is 9.97. The van der Waals surface area contributed by atoms with Crippen molar-refractivity contribution in [3.8, 4) is 17.0 Å². The largest absolute Gasteiger partial charge is 0.489 e. The number of nitrogens with zero attached hydrogens (tertiary/aromatic N) is 2. The number of carboxylic acids is 1. The van der Waals surface area contributed by atoms with E-state index in [2.05, 4.69) is 11.7 Å². The van der Waals surface area contributed by atoms with Crippen molar-refractivity contribution < 1.29 is 14.6 Å². The summed E-state index contributed by atoms with van der Waals surface area (Å²) in [6.07, 6.45) is 0. The second-order valence-electron chi connectivity index (χ2n) is 5.53. The molecule has 0 aliphatic carbocycles. The van der Waals surface area contributed by atoms with Crippen LogP contribution in [0.4, 0.5) is 0 Å². The molecule has 116 valence electrons. The molecule has 1 N–H and O–H groups in total. The Hall–Kier alpha value is -2.56. The molecule has 0 fully saturated rings. The highest BCUT2D eigenvalue weighted by molar-refractivity contribution is 5.87. The summed E-state index contributed by atoms with van der Waals surface area (Å²) in [7, 11) is 0. The van der Waals surface area contributed by atoms with Crippen LogP contribution in [0.1, 0.15) is 37.3 Å². The van der Waals surface area contributed by atoms with E-state index < -0.39 is 5.97 Å². The molecule has 2 rings (SSSR count). The minimum atomic E-state index is -0.978. The molecular formula is C17H20N2O3. The third-order valence-corrected chi connectivity index (χ3v) is 3.08. The number of hydrogen-bond donors (Lipinski definition) is 1. The van der Waals surface area contributed by atoms with Crippen molar-refractivity contribution in [2.75, 3.05) is 6.61 Å². The van der Waals surface area contributed by atoms with E-state index in [-0.39, 0.29) is 11.7 Å². The molecule has 0 saturated heterocycles. The SMILES string of the molecule is C=C(C)COc1ccc(-c2cc(C(=O)O)n(C(C)C)n2)cc1. The second kappa shape index (κ2) is 6.47. The van der Waals surface area contributed by atoms with Crippen LogP contribution in [0.15, 0.2) is 42.5 Å². The van der Waals surface area contributed by atoms with Gasteiger partial charge in [-0.3, -0.25) is 4.68 Å². The lowest BCUT2D eigenvalue weighted by Crippen LogP contribution is -2.11. The van der Waals surface area contributed by atoms with Crippen LogP contribution in [0.2, 0.25) is 0 Å². The van der Waals surface area contributed by atoms with E-state index in [1.54, 1.807) is 6.07 Å². The Kier molecular flexibility index (Phi) is 4.65. The van der Waals surface area contributed by atoms with Crippen LogP contribution in [-0.2, 0) is 0 Å². The molecule has 0 aliphatic rings. The van der Waals surface area contributed by atoms with Gasteiger partial charge >= 0.3 is 5.97 Å². The van der Waals surface area contributed by atoms with E-state index in [1.807, 2.05) is 45.0 Å². The molecule has 5 nitrogen and oxygen atoms in total. The highest BCUT2D eigenvalue weighted by Gasteiger charge is 2.17. The monoisotopic (exact) mass is 300 g/mol. The number of carboxylic acid groups (broad SMARTS) is 1. The Morgan fingerprint density at radius 1 is 1.36 bits per heavy atom. The third kappa shape index (κ3) is 3.55. The molecular weight excluding hydrogens is 280 g/mol. The Bertz CT molecular complexity index is 684. The molecule has 0 bridgehead atoms. The maximum atomic E-state index is 11.3. The van der Waals surface area contributed by atoms with Gasteiger partial charge in [0, 0.05) is 11.6 Å². The van der Waals surface area contributed by atoms with Crippen molar-refractivity contribution in [1.82, 2.24) is 9.78 Å². The van der Waals surface area contributed by atoms with Gasteiger partial charge in [-0.2, -0.15) is 5.10 Å². The van der Waals surface area contributed by atoms with E-state index >= 15 is 0 Å². The van der Waals surface area contributed by atoms with E-state index in [0.717, 1.165) is 16.9 Å². The molecule has 0 aliphatic heterocycles. The smallest absolute Gasteiger partial charge is 0.354 e. The summed E-state index contributed by atoms with van der Waals surface area (Å²) in [5, 5.41) is 13.6. The minimum absolute atomic E-state index is 0.0157. The van der Waals surface area contributed by atoms with Crippen molar-refractivity contribution in [3.63, 3.8) is 0 Å². The summed E-state index contributed by atoms with van der Waals surface area (Å²) >= 11 is 0. The number of hydrogen-bond acceptors (Lipinski definition) is 3. The number of benzene rings is 1. The summed E-state index contributed by atoms with van der Waals surface area (Å²) in [5.74, 6) is -0.234. The first kappa shape index (κ1) is 15.8. The van der Waals surface area contributed by atoms with Crippen LogP contribution < -0.4 is 4.74 Å². The van der Waals surface area contributed by atoms with E-state index in [9.17, 15) is 9.90 Å². The standard InChI is InChI=1S/C17H20N2O3/c1-11(2)10-22-14-7-5-13(6-8-14)15-9-16(17(20)21)19(18-15)12(3)4/h5-9,12H,1,10H2,2-4H3,(H,20,21). The van der Waals surface area contributed by atoms with Gasteiger partial charge in [0.15, 0.2) is 0 Å². The van der Waals surface area contributed by atoms with E-state index in [4.69, 9.17) is 4.74 Å². The lowest BCUT2D eigenvalue weighted by atomic mass is 10.1.